The molecular formula is C18H18F3N3O2. The van der Waals surface area contributed by atoms with Crippen molar-refractivity contribution in [2.45, 2.75) is 38.3 Å². The van der Waals surface area contributed by atoms with Crippen molar-refractivity contribution in [3.63, 3.8) is 0 Å². The van der Waals surface area contributed by atoms with Gasteiger partial charge in [0.25, 0.3) is 5.91 Å². The number of carbonyl (C=O) groups is 2. The van der Waals surface area contributed by atoms with E-state index in [2.05, 4.69) is 10.3 Å². The van der Waals surface area contributed by atoms with E-state index in [0.29, 0.717) is 5.56 Å². The largest absolute Gasteiger partial charge is 0.418 e. The van der Waals surface area contributed by atoms with Crippen LogP contribution in [0.3, 0.4) is 0 Å². The molecule has 0 spiro atoms. The maximum atomic E-state index is 13.5. The molecule has 0 aliphatic heterocycles. The molecule has 1 aromatic heterocycles. The third-order valence-corrected chi connectivity index (χ3v) is 4.39. The number of Topliss-reactive ketones (excluding diaryl/α,β-unsaturated/α-hetero) is 1. The Labute approximate surface area is 147 Å². The van der Waals surface area contributed by atoms with E-state index < -0.39 is 17.6 Å². The number of carbonyl (C=O) groups excluding carboxylic acids is 2. The SMILES string of the molecule is CCC(=O)CNC(=O)c1cc(N)c2cc(C3CC3)cc(C(F)(F)F)c2n1. The number of ketones is 1. The van der Waals surface area contributed by atoms with Crippen molar-refractivity contribution in [3.8, 4) is 0 Å². The Kier molecular flexibility index (Phi) is 4.60. The number of hydrogen-bond acceptors (Lipinski definition) is 4. The van der Waals surface area contributed by atoms with Gasteiger partial charge in [0.1, 0.15) is 5.69 Å². The van der Waals surface area contributed by atoms with Crippen molar-refractivity contribution in [3.05, 3.63) is 35.0 Å². The number of nitrogens with zero attached hydrogens (tertiary/aromatic N) is 1. The highest BCUT2D eigenvalue weighted by atomic mass is 19.4. The lowest BCUT2D eigenvalue weighted by atomic mass is 10.00. The Balaban J connectivity index is 2.07. The smallest absolute Gasteiger partial charge is 0.398 e. The fourth-order valence-electron chi connectivity index (χ4n) is 2.75. The minimum atomic E-state index is -4.62. The number of rotatable bonds is 5. The predicted molar refractivity (Wildman–Crippen MR) is 90.8 cm³/mol. The minimum absolute atomic E-state index is 0.0509. The topological polar surface area (TPSA) is 85.1 Å². The van der Waals surface area contributed by atoms with Gasteiger partial charge >= 0.3 is 6.18 Å². The summed E-state index contributed by atoms with van der Waals surface area (Å²) in [6, 6.07) is 3.95. The first-order valence-corrected chi connectivity index (χ1v) is 8.32. The van der Waals surface area contributed by atoms with Crippen LogP contribution in [-0.4, -0.2) is 23.2 Å². The molecule has 3 rings (SSSR count). The lowest BCUT2D eigenvalue weighted by Gasteiger charge is -2.15. The Morgan fingerprint density at radius 3 is 2.54 bits per heavy atom. The summed E-state index contributed by atoms with van der Waals surface area (Å²) in [4.78, 5) is 27.4. The maximum Gasteiger partial charge on any atom is 0.418 e. The summed E-state index contributed by atoms with van der Waals surface area (Å²) < 4.78 is 40.6. The zero-order valence-electron chi connectivity index (χ0n) is 14.1. The van der Waals surface area contributed by atoms with Crippen LogP contribution in [0.1, 0.15) is 53.7 Å². The average molecular weight is 365 g/mol. The summed E-state index contributed by atoms with van der Waals surface area (Å²) in [5.74, 6) is -0.820. The molecule has 1 amide bonds. The van der Waals surface area contributed by atoms with Gasteiger partial charge in [0.15, 0.2) is 5.78 Å². The second-order valence-corrected chi connectivity index (χ2v) is 6.41. The predicted octanol–water partition coefficient (Wildman–Crippen LogP) is 3.42. The minimum Gasteiger partial charge on any atom is -0.398 e. The van der Waals surface area contributed by atoms with Gasteiger partial charge < -0.3 is 11.1 Å². The Morgan fingerprint density at radius 1 is 1.27 bits per heavy atom. The van der Waals surface area contributed by atoms with E-state index in [-0.39, 0.29) is 47.0 Å². The molecular weight excluding hydrogens is 347 g/mol. The maximum absolute atomic E-state index is 13.5. The Bertz CT molecular complexity index is 889. The van der Waals surface area contributed by atoms with E-state index in [1.165, 1.54) is 6.07 Å². The van der Waals surface area contributed by atoms with Crippen molar-refractivity contribution in [2.24, 2.45) is 0 Å². The van der Waals surface area contributed by atoms with E-state index in [4.69, 9.17) is 5.73 Å². The average Bonchev–Trinajstić information content (AvgIpc) is 3.42. The standard InChI is InChI=1S/C18H18F3N3O2/c1-2-11(25)8-23-17(26)15-7-14(22)12-5-10(9-3-4-9)6-13(16(12)24-15)18(19,20)21/h5-7,9H,2-4,8H2,1H3,(H2,22,24)(H,23,26). The molecule has 1 saturated carbocycles. The van der Waals surface area contributed by atoms with Crippen molar-refractivity contribution in [1.82, 2.24) is 10.3 Å². The molecule has 1 heterocycles. The fourth-order valence-corrected chi connectivity index (χ4v) is 2.75. The first kappa shape index (κ1) is 18.2. The number of hydrogen-bond donors (Lipinski definition) is 2. The van der Waals surface area contributed by atoms with Crippen LogP contribution in [0.15, 0.2) is 18.2 Å². The van der Waals surface area contributed by atoms with Gasteiger partial charge in [0.05, 0.1) is 17.6 Å². The number of alkyl halides is 3. The van der Waals surface area contributed by atoms with Gasteiger partial charge in [-0.2, -0.15) is 13.2 Å². The van der Waals surface area contributed by atoms with Crippen molar-refractivity contribution < 1.29 is 22.8 Å². The van der Waals surface area contributed by atoms with Crippen LogP contribution in [0.4, 0.5) is 18.9 Å². The number of anilines is 1. The number of nitrogens with two attached hydrogens (primary N) is 1. The lowest BCUT2D eigenvalue weighted by Crippen LogP contribution is -2.30. The number of pyridine rings is 1. The summed E-state index contributed by atoms with van der Waals surface area (Å²) in [7, 11) is 0. The van der Waals surface area contributed by atoms with Crippen LogP contribution < -0.4 is 11.1 Å². The highest BCUT2D eigenvalue weighted by molar-refractivity contribution is 6.01. The number of aromatic nitrogens is 1. The van der Waals surface area contributed by atoms with Gasteiger partial charge in [-0.1, -0.05) is 6.92 Å². The monoisotopic (exact) mass is 365 g/mol. The highest BCUT2D eigenvalue weighted by Gasteiger charge is 2.36. The van der Waals surface area contributed by atoms with Gasteiger partial charge in [-0.3, -0.25) is 9.59 Å². The number of fused-ring (bicyclic) bond motifs is 1. The zero-order valence-corrected chi connectivity index (χ0v) is 14.1. The summed E-state index contributed by atoms with van der Waals surface area (Å²) in [5.41, 5.74) is 5.06. The van der Waals surface area contributed by atoms with E-state index in [0.717, 1.165) is 18.9 Å². The van der Waals surface area contributed by atoms with Crippen LogP contribution in [0.25, 0.3) is 10.9 Å². The highest BCUT2D eigenvalue weighted by Crippen LogP contribution is 2.44. The van der Waals surface area contributed by atoms with Gasteiger partial charge in [0, 0.05) is 17.5 Å². The Hall–Kier alpha value is -2.64. The van der Waals surface area contributed by atoms with Crippen molar-refractivity contribution in [2.75, 3.05) is 12.3 Å². The van der Waals surface area contributed by atoms with E-state index in [1.54, 1.807) is 13.0 Å². The molecule has 0 bridgehead atoms. The van der Waals surface area contributed by atoms with Gasteiger partial charge in [0.2, 0.25) is 0 Å². The second-order valence-electron chi connectivity index (χ2n) is 6.41. The molecule has 1 aliphatic rings. The number of benzene rings is 1. The van der Waals surface area contributed by atoms with Crippen molar-refractivity contribution in [1.29, 1.82) is 0 Å². The second kappa shape index (κ2) is 6.59. The molecule has 138 valence electrons. The quantitative estimate of drug-likeness (QED) is 0.850. The molecule has 1 aromatic carbocycles. The molecule has 3 N–H and O–H groups in total. The van der Waals surface area contributed by atoms with Crippen molar-refractivity contribution >= 4 is 28.3 Å². The molecule has 2 aromatic rings. The first-order chi connectivity index (χ1) is 12.2. The van der Waals surface area contributed by atoms with Crippen LogP contribution in [0.2, 0.25) is 0 Å². The zero-order chi connectivity index (χ0) is 19.1. The van der Waals surface area contributed by atoms with Gasteiger partial charge in [-0.05, 0) is 42.5 Å². The molecule has 1 aliphatic carbocycles. The molecule has 26 heavy (non-hydrogen) atoms. The molecule has 5 nitrogen and oxygen atoms in total. The third kappa shape index (κ3) is 3.63. The van der Waals surface area contributed by atoms with Gasteiger partial charge in [-0.15, -0.1) is 0 Å². The lowest BCUT2D eigenvalue weighted by molar-refractivity contribution is -0.136. The summed E-state index contributed by atoms with van der Waals surface area (Å²) >= 11 is 0. The third-order valence-electron chi connectivity index (χ3n) is 4.39. The molecule has 0 unspecified atom stereocenters. The number of nitrogens with one attached hydrogen (secondary N) is 1. The fraction of sp³-hybridized carbons (Fsp3) is 0.389. The van der Waals surface area contributed by atoms with Crippen LogP contribution in [-0.2, 0) is 11.0 Å². The molecule has 0 atom stereocenters. The van der Waals surface area contributed by atoms with Crippen LogP contribution in [0, 0.1) is 0 Å². The summed E-state index contributed by atoms with van der Waals surface area (Å²) in [6.07, 6.45) is -2.67. The molecule has 1 fully saturated rings. The normalized spacial score (nSPS) is 14.5. The van der Waals surface area contributed by atoms with E-state index in [9.17, 15) is 22.8 Å². The number of amides is 1. The van der Waals surface area contributed by atoms with E-state index >= 15 is 0 Å². The van der Waals surface area contributed by atoms with E-state index in [1.807, 2.05) is 0 Å². The molecule has 8 heteroatoms. The summed E-state index contributed by atoms with van der Waals surface area (Å²) in [5, 5.41) is 2.53. The first-order valence-electron chi connectivity index (χ1n) is 8.32. The number of nitrogen functional groups attached to an aromatic ring is 1. The van der Waals surface area contributed by atoms with Gasteiger partial charge in [-0.25, -0.2) is 4.98 Å². The summed E-state index contributed by atoms with van der Waals surface area (Å²) in [6.45, 7) is 1.44. The Morgan fingerprint density at radius 2 is 1.96 bits per heavy atom. The van der Waals surface area contributed by atoms with Crippen LogP contribution in [0.5, 0.6) is 0 Å². The molecule has 0 radical (unpaired) electrons. The molecule has 0 saturated heterocycles. The number of halogens is 3. The van der Waals surface area contributed by atoms with Crippen LogP contribution >= 0.6 is 0 Å².